The summed E-state index contributed by atoms with van der Waals surface area (Å²) in [5.41, 5.74) is 5.49. The Morgan fingerprint density at radius 2 is 2.07 bits per heavy atom. The molecular weight excluding hydrogens is 395 g/mol. The van der Waals surface area contributed by atoms with Gasteiger partial charge in [0.05, 0.1) is 17.1 Å². The Labute approximate surface area is 179 Å². The maximum atomic E-state index is 4.89. The molecule has 2 aromatic heterocycles. The fraction of sp³-hybridized carbons (Fsp3) is 0.650. The number of hydrogen-bond donors (Lipinski definition) is 1. The lowest BCUT2D eigenvalue weighted by Gasteiger charge is -2.40. The van der Waals surface area contributed by atoms with Gasteiger partial charge in [-0.2, -0.15) is 5.10 Å². The van der Waals surface area contributed by atoms with Crippen LogP contribution in [0.1, 0.15) is 54.2 Å². The minimum absolute atomic E-state index is 0. The summed E-state index contributed by atoms with van der Waals surface area (Å²) in [4.78, 5) is 11.9. The van der Waals surface area contributed by atoms with Crippen molar-refractivity contribution >= 4 is 24.8 Å². The third-order valence-electron chi connectivity index (χ3n) is 6.35. The Kier molecular flexibility index (Phi) is 6.65. The van der Waals surface area contributed by atoms with Gasteiger partial charge < -0.3 is 5.32 Å². The molecule has 1 atom stereocenters. The summed E-state index contributed by atoms with van der Waals surface area (Å²) in [6.07, 6.45) is 8.09. The first-order valence-electron chi connectivity index (χ1n) is 10.0. The fourth-order valence-corrected chi connectivity index (χ4v) is 5.12. The van der Waals surface area contributed by atoms with Crippen LogP contribution in [0, 0.1) is 6.92 Å². The summed E-state index contributed by atoms with van der Waals surface area (Å²) in [6.45, 7) is 8.32. The van der Waals surface area contributed by atoms with Crippen molar-refractivity contribution in [3.63, 3.8) is 0 Å². The highest BCUT2D eigenvalue weighted by molar-refractivity contribution is 5.85. The van der Waals surface area contributed by atoms with Crippen LogP contribution < -0.4 is 5.32 Å². The number of aryl methyl sites for hydroxylation is 3. The van der Waals surface area contributed by atoms with Crippen LogP contribution in [0.2, 0.25) is 0 Å². The zero-order valence-corrected chi connectivity index (χ0v) is 18.1. The van der Waals surface area contributed by atoms with E-state index in [0.717, 1.165) is 51.4 Å². The van der Waals surface area contributed by atoms with Gasteiger partial charge in [-0.3, -0.25) is 9.58 Å². The number of nitrogens with zero attached hydrogens (tertiary/aromatic N) is 5. The van der Waals surface area contributed by atoms with Gasteiger partial charge in [0.15, 0.2) is 0 Å². The van der Waals surface area contributed by atoms with Gasteiger partial charge in [-0.15, -0.1) is 24.8 Å². The van der Waals surface area contributed by atoms with Gasteiger partial charge in [-0.25, -0.2) is 9.97 Å². The average Bonchev–Trinajstić information content (AvgIpc) is 3.09. The van der Waals surface area contributed by atoms with E-state index in [4.69, 9.17) is 10.1 Å². The van der Waals surface area contributed by atoms with Gasteiger partial charge in [0, 0.05) is 37.8 Å². The highest BCUT2D eigenvalue weighted by Gasteiger charge is 2.43. The molecule has 0 radical (unpaired) electrons. The number of nitrogens with one attached hydrogen (secondary N) is 1. The van der Waals surface area contributed by atoms with Gasteiger partial charge in [0.1, 0.15) is 5.82 Å². The molecule has 2 aromatic rings. The smallest absolute Gasteiger partial charge is 0.125 e. The number of halogens is 2. The monoisotopic (exact) mass is 424 g/mol. The third kappa shape index (κ3) is 3.92. The van der Waals surface area contributed by atoms with Crippen LogP contribution >= 0.6 is 24.8 Å². The van der Waals surface area contributed by atoms with Crippen molar-refractivity contribution in [3.05, 3.63) is 40.7 Å². The molecule has 5 rings (SSSR count). The summed E-state index contributed by atoms with van der Waals surface area (Å²) in [5.74, 6) is 0.910. The number of rotatable bonds is 2. The predicted molar refractivity (Wildman–Crippen MR) is 114 cm³/mol. The highest BCUT2D eigenvalue weighted by atomic mass is 35.5. The van der Waals surface area contributed by atoms with Crippen LogP contribution in [-0.4, -0.2) is 44.3 Å². The van der Waals surface area contributed by atoms with Crippen molar-refractivity contribution in [1.29, 1.82) is 0 Å². The number of hydrogen-bond acceptors (Lipinski definition) is 5. The van der Waals surface area contributed by atoms with Crippen LogP contribution in [-0.2, 0) is 31.5 Å². The number of aromatic nitrogens is 4. The van der Waals surface area contributed by atoms with E-state index in [0.29, 0.717) is 0 Å². The number of piperidine rings is 1. The second kappa shape index (κ2) is 8.66. The normalized spacial score (nSPS) is 24.0. The summed E-state index contributed by atoms with van der Waals surface area (Å²) in [5, 5.41) is 8.38. The molecule has 0 amide bonds. The molecule has 1 N–H and O–H groups in total. The highest BCUT2D eigenvalue weighted by Crippen LogP contribution is 2.44. The lowest BCUT2D eigenvalue weighted by molar-refractivity contribution is 0.135. The summed E-state index contributed by atoms with van der Waals surface area (Å²) in [7, 11) is 0. The molecule has 6 nitrogen and oxygen atoms in total. The molecule has 1 saturated heterocycles. The SMILES string of the molecule is Cc1ncc2c(n1)C1(CCCN(Cc3cc4n(n3)CCCNC4)C1)CC2.Cl.Cl. The van der Waals surface area contributed by atoms with E-state index < -0.39 is 0 Å². The van der Waals surface area contributed by atoms with Gasteiger partial charge in [0.2, 0.25) is 0 Å². The van der Waals surface area contributed by atoms with Crippen molar-refractivity contribution in [2.45, 2.75) is 64.1 Å². The Hall–Kier alpha value is -1.21. The molecule has 154 valence electrons. The van der Waals surface area contributed by atoms with Gasteiger partial charge in [0.25, 0.3) is 0 Å². The van der Waals surface area contributed by atoms with Crippen LogP contribution in [0.4, 0.5) is 0 Å². The van der Waals surface area contributed by atoms with Crippen LogP contribution in [0.5, 0.6) is 0 Å². The predicted octanol–water partition coefficient (Wildman–Crippen LogP) is 2.80. The zero-order valence-electron chi connectivity index (χ0n) is 16.5. The van der Waals surface area contributed by atoms with E-state index in [1.165, 1.54) is 48.5 Å². The van der Waals surface area contributed by atoms with Crippen LogP contribution in [0.25, 0.3) is 0 Å². The van der Waals surface area contributed by atoms with E-state index in [9.17, 15) is 0 Å². The number of likely N-dealkylation sites (tertiary alicyclic amines) is 1. The van der Waals surface area contributed by atoms with Crippen LogP contribution in [0.3, 0.4) is 0 Å². The Balaban J connectivity index is 0.00000112. The fourth-order valence-electron chi connectivity index (χ4n) is 5.12. The first-order valence-corrected chi connectivity index (χ1v) is 10.0. The van der Waals surface area contributed by atoms with E-state index in [1.807, 2.05) is 6.92 Å². The van der Waals surface area contributed by atoms with E-state index >= 15 is 0 Å². The molecule has 28 heavy (non-hydrogen) atoms. The van der Waals surface area contributed by atoms with E-state index in [2.05, 4.69) is 32.1 Å². The topological polar surface area (TPSA) is 58.9 Å². The Morgan fingerprint density at radius 3 is 2.96 bits per heavy atom. The third-order valence-corrected chi connectivity index (χ3v) is 6.35. The molecule has 0 bridgehead atoms. The van der Waals surface area contributed by atoms with E-state index in [-0.39, 0.29) is 30.2 Å². The van der Waals surface area contributed by atoms with Gasteiger partial charge in [-0.1, -0.05) is 0 Å². The molecule has 1 fully saturated rings. The largest absolute Gasteiger partial charge is 0.311 e. The summed E-state index contributed by atoms with van der Waals surface area (Å²) in [6, 6.07) is 2.30. The molecule has 0 aromatic carbocycles. The minimum atomic E-state index is 0. The maximum absolute atomic E-state index is 4.89. The van der Waals surface area contributed by atoms with Crippen molar-refractivity contribution in [3.8, 4) is 0 Å². The quantitative estimate of drug-likeness (QED) is 0.802. The second-order valence-corrected chi connectivity index (χ2v) is 8.27. The molecule has 2 aliphatic heterocycles. The maximum Gasteiger partial charge on any atom is 0.125 e. The standard InChI is InChI=1S/C20H28N6.2ClH/c1-15-22-11-16-4-6-20(19(16)23-15)5-2-8-25(14-20)13-17-10-18-12-21-7-3-9-26(18)24-17;;/h10-11,21H,2-9,12-14H2,1H3;2*1H. The first kappa shape index (κ1) is 21.5. The van der Waals surface area contributed by atoms with Crippen molar-refractivity contribution < 1.29 is 0 Å². The summed E-state index contributed by atoms with van der Waals surface area (Å²) < 4.78 is 2.20. The molecule has 1 spiro atoms. The van der Waals surface area contributed by atoms with Gasteiger partial charge in [-0.05, 0) is 63.7 Å². The molecule has 4 heterocycles. The van der Waals surface area contributed by atoms with Crippen molar-refractivity contribution in [2.75, 3.05) is 19.6 Å². The lowest BCUT2D eigenvalue weighted by atomic mass is 9.77. The number of fused-ring (bicyclic) bond motifs is 3. The van der Waals surface area contributed by atoms with Crippen molar-refractivity contribution in [2.24, 2.45) is 0 Å². The van der Waals surface area contributed by atoms with Crippen LogP contribution in [0.15, 0.2) is 12.3 Å². The van der Waals surface area contributed by atoms with Crippen molar-refractivity contribution in [1.82, 2.24) is 30.0 Å². The molecular formula is C20H30Cl2N6. The average molecular weight is 425 g/mol. The molecule has 8 heteroatoms. The molecule has 1 unspecified atom stereocenters. The molecule has 3 aliphatic rings. The first-order chi connectivity index (χ1) is 12.7. The van der Waals surface area contributed by atoms with E-state index in [1.54, 1.807) is 0 Å². The lowest BCUT2D eigenvalue weighted by Crippen LogP contribution is -2.45. The zero-order chi connectivity index (χ0) is 17.6. The Bertz CT molecular complexity index is 796. The Morgan fingerprint density at radius 1 is 1.18 bits per heavy atom. The molecule has 1 aliphatic carbocycles. The van der Waals surface area contributed by atoms with Gasteiger partial charge >= 0.3 is 0 Å². The summed E-state index contributed by atoms with van der Waals surface area (Å²) >= 11 is 0. The minimum Gasteiger partial charge on any atom is -0.311 e. The second-order valence-electron chi connectivity index (χ2n) is 8.27. The molecule has 0 saturated carbocycles.